The molecule has 2 heterocycles. The Morgan fingerprint density at radius 3 is 2.76 bits per heavy atom. The van der Waals surface area contributed by atoms with Gasteiger partial charge in [0.2, 0.25) is 0 Å². The van der Waals surface area contributed by atoms with Crippen molar-refractivity contribution in [3.05, 3.63) is 23.2 Å². The number of ether oxygens (including phenoxy) is 1. The molecule has 2 aromatic rings. The number of thioether (sulfide) groups is 1. The molecule has 0 saturated heterocycles. The van der Waals surface area contributed by atoms with Gasteiger partial charge in [-0.1, -0.05) is 11.8 Å². The lowest BCUT2D eigenvalue weighted by Gasteiger charge is -2.15. The number of methoxy groups -OCH3 is 1. The molecule has 0 aliphatic heterocycles. The van der Waals surface area contributed by atoms with Gasteiger partial charge in [0.05, 0.1) is 23.8 Å². The van der Waals surface area contributed by atoms with Crippen molar-refractivity contribution in [2.75, 3.05) is 13.4 Å². The van der Waals surface area contributed by atoms with Crippen LogP contribution in [0.1, 0.15) is 25.1 Å². The van der Waals surface area contributed by atoms with Crippen molar-refractivity contribution in [3.63, 3.8) is 0 Å². The third-order valence-electron chi connectivity index (χ3n) is 3.01. The minimum Gasteiger partial charge on any atom is -0.493 e. The van der Waals surface area contributed by atoms with Gasteiger partial charge in [0.25, 0.3) is 0 Å². The van der Waals surface area contributed by atoms with Gasteiger partial charge in [-0.3, -0.25) is 0 Å². The molecule has 0 unspecified atom stereocenters. The number of rotatable bonds is 6. The van der Waals surface area contributed by atoms with Crippen molar-refractivity contribution in [1.82, 2.24) is 9.97 Å². The highest BCUT2D eigenvalue weighted by molar-refractivity contribution is 7.98. The largest absolute Gasteiger partial charge is 0.493 e. The minimum absolute atomic E-state index is 0.636. The zero-order valence-corrected chi connectivity index (χ0v) is 14.3. The Hall–Kier alpha value is -1.11. The smallest absolute Gasteiger partial charge is 0.188 e. The maximum atomic E-state index is 9.81. The van der Waals surface area contributed by atoms with Crippen LogP contribution in [0.2, 0.25) is 0 Å². The Kier molecular flexibility index (Phi) is 5.24. The highest BCUT2D eigenvalue weighted by Gasteiger charge is 2.15. The van der Waals surface area contributed by atoms with Gasteiger partial charge >= 0.3 is 0 Å². The summed E-state index contributed by atoms with van der Waals surface area (Å²) in [5.41, 5.74) is 0.194. The average molecular weight is 324 g/mol. The zero-order chi connectivity index (χ0) is 15.5. The minimum atomic E-state index is -0.636. The monoisotopic (exact) mass is 324 g/mol. The standard InChI is InChI=1S/C15H20N2O2S2/c1-15(2,18)8-7-10-5-6-12(21-10)13-11(19-3)9-16-14(17-13)20-4/h5-6,9,18H,7-8H2,1-4H3. The molecule has 1 N–H and O–H groups in total. The van der Waals surface area contributed by atoms with Gasteiger partial charge in [0.1, 0.15) is 5.69 Å². The summed E-state index contributed by atoms with van der Waals surface area (Å²) in [6.07, 6.45) is 5.26. The van der Waals surface area contributed by atoms with Crippen molar-refractivity contribution in [2.45, 2.75) is 37.4 Å². The topological polar surface area (TPSA) is 55.2 Å². The average Bonchev–Trinajstić information content (AvgIpc) is 2.92. The quantitative estimate of drug-likeness (QED) is 0.649. The van der Waals surface area contributed by atoms with E-state index in [1.165, 1.54) is 16.6 Å². The zero-order valence-electron chi connectivity index (χ0n) is 12.7. The van der Waals surface area contributed by atoms with Crippen LogP contribution in [0.3, 0.4) is 0 Å². The summed E-state index contributed by atoms with van der Waals surface area (Å²) in [6.45, 7) is 3.67. The Balaban J connectivity index is 2.24. The Morgan fingerprint density at radius 2 is 2.14 bits per heavy atom. The van der Waals surface area contributed by atoms with Crippen molar-refractivity contribution >= 4 is 23.1 Å². The first-order valence-electron chi connectivity index (χ1n) is 6.69. The van der Waals surface area contributed by atoms with Crippen LogP contribution in [-0.2, 0) is 6.42 Å². The Labute approximate surface area is 133 Å². The van der Waals surface area contributed by atoms with Crippen LogP contribution in [0, 0.1) is 0 Å². The summed E-state index contributed by atoms with van der Waals surface area (Å²) in [4.78, 5) is 11.1. The molecule has 0 radical (unpaired) electrons. The molecule has 0 aliphatic rings. The molecule has 21 heavy (non-hydrogen) atoms. The van der Waals surface area contributed by atoms with E-state index in [9.17, 15) is 5.11 Å². The molecule has 114 valence electrons. The lowest BCUT2D eigenvalue weighted by molar-refractivity contribution is 0.0716. The van der Waals surface area contributed by atoms with E-state index in [1.54, 1.807) is 24.6 Å². The van der Waals surface area contributed by atoms with Crippen LogP contribution < -0.4 is 4.74 Å². The molecular weight excluding hydrogens is 304 g/mol. The van der Waals surface area contributed by atoms with Crippen LogP contribution in [0.5, 0.6) is 5.75 Å². The SMILES string of the molecule is COc1cnc(SC)nc1-c1ccc(CCC(C)(C)O)s1. The summed E-state index contributed by atoms with van der Waals surface area (Å²) < 4.78 is 5.36. The van der Waals surface area contributed by atoms with Gasteiger partial charge in [-0.25, -0.2) is 9.97 Å². The predicted octanol–water partition coefficient (Wildman–Crippen LogP) is 3.64. The van der Waals surface area contributed by atoms with E-state index >= 15 is 0 Å². The van der Waals surface area contributed by atoms with E-state index in [1.807, 2.05) is 20.1 Å². The van der Waals surface area contributed by atoms with Crippen LogP contribution in [-0.4, -0.2) is 34.0 Å². The first-order valence-corrected chi connectivity index (χ1v) is 8.73. The molecule has 0 saturated carbocycles. The number of hydrogen-bond acceptors (Lipinski definition) is 6. The van der Waals surface area contributed by atoms with Gasteiger partial charge in [0, 0.05) is 4.88 Å². The van der Waals surface area contributed by atoms with E-state index in [2.05, 4.69) is 22.1 Å². The molecule has 0 aliphatic carbocycles. The fourth-order valence-electron chi connectivity index (χ4n) is 1.85. The molecule has 0 spiro atoms. The van der Waals surface area contributed by atoms with Crippen LogP contribution in [0.25, 0.3) is 10.6 Å². The Bertz CT molecular complexity index is 606. The van der Waals surface area contributed by atoms with Gasteiger partial charge in [-0.2, -0.15) is 0 Å². The highest BCUT2D eigenvalue weighted by Crippen LogP contribution is 2.34. The van der Waals surface area contributed by atoms with Crippen molar-refractivity contribution < 1.29 is 9.84 Å². The van der Waals surface area contributed by atoms with Crippen molar-refractivity contribution in [1.29, 1.82) is 0 Å². The number of aromatic nitrogens is 2. The molecule has 6 heteroatoms. The molecular formula is C15H20N2O2S2. The molecule has 0 atom stereocenters. The van der Waals surface area contributed by atoms with Crippen molar-refractivity contribution in [3.8, 4) is 16.3 Å². The number of hydrogen-bond donors (Lipinski definition) is 1. The molecule has 0 aromatic carbocycles. The third-order valence-corrected chi connectivity index (χ3v) is 4.73. The van der Waals surface area contributed by atoms with Gasteiger partial charge in [-0.15, -0.1) is 11.3 Å². The maximum Gasteiger partial charge on any atom is 0.188 e. The fourth-order valence-corrected chi connectivity index (χ4v) is 3.19. The normalized spacial score (nSPS) is 11.7. The number of thiophene rings is 1. The summed E-state index contributed by atoms with van der Waals surface area (Å²) in [6, 6.07) is 4.14. The predicted molar refractivity (Wildman–Crippen MR) is 88.3 cm³/mol. The fraction of sp³-hybridized carbons (Fsp3) is 0.467. The molecule has 4 nitrogen and oxygen atoms in total. The first kappa shape index (κ1) is 16.3. The van der Waals surface area contributed by atoms with E-state index < -0.39 is 5.60 Å². The second kappa shape index (κ2) is 6.77. The summed E-state index contributed by atoms with van der Waals surface area (Å²) in [5.74, 6) is 0.684. The summed E-state index contributed by atoms with van der Waals surface area (Å²) >= 11 is 3.20. The van der Waals surface area contributed by atoms with E-state index in [4.69, 9.17) is 4.74 Å². The van der Waals surface area contributed by atoms with Gasteiger partial charge in [-0.05, 0) is 45.1 Å². The lowest BCUT2D eigenvalue weighted by Crippen LogP contribution is -2.18. The third kappa shape index (κ3) is 4.43. The lowest BCUT2D eigenvalue weighted by atomic mass is 10.0. The molecule has 0 amide bonds. The summed E-state index contributed by atoms with van der Waals surface area (Å²) in [5, 5.41) is 10.5. The van der Waals surface area contributed by atoms with Crippen LogP contribution in [0.15, 0.2) is 23.5 Å². The van der Waals surface area contributed by atoms with Crippen LogP contribution in [0.4, 0.5) is 0 Å². The maximum absolute atomic E-state index is 9.81. The van der Waals surface area contributed by atoms with Crippen LogP contribution >= 0.6 is 23.1 Å². The first-order chi connectivity index (χ1) is 9.93. The molecule has 2 aromatic heterocycles. The second-order valence-electron chi connectivity index (χ2n) is 5.35. The van der Waals surface area contributed by atoms with E-state index in [0.717, 1.165) is 28.6 Å². The van der Waals surface area contributed by atoms with E-state index in [-0.39, 0.29) is 0 Å². The van der Waals surface area contributed by atoms with Crippen molar-refractivity contribution in [2.24, 2.45) is 0 Å². The number of aryl methyl sites for hydroxylation is 1. The molecule has 0 fully saturated rings. The second-order valence-corrected chi connectivity index (χ2v) is 7.29. The highest BCUT2D eigenvalue weighted by atomic mass is 32.2. The summed E-state index contributed by atoms with van der Waals surface area (Å²) in [7, 11) is 1.63. The number of nitrogens with zero attached hydrogens (tertiary/aromatic N) is 2. The number of aliphatic hydroxyl groups is 1. The molecule has 0 bridgehead atoms. The van der Waals surface area contributed by atoms with Gasteiger partial charge < -0.3 is 9.84 Å². The molecule has 2 rings (SSSR count). The van der Waals surface area contributed by atoms with Gasteiger partial charge in [0.15, 0.2) is 10.9 Å². The van der Waals surface area contributed by atoms with E-state index in [0.29, 0.717) is 5.75 Å². The Morgan fingerprint density at radius 1 is 1.38 bits per heavy atom.